The van der Waals surface area contributed by atoms with Gasteiger partial charge in [-0.2, -0.15) is 0 Å². The minimum atomic E-state index is -0.0497. The number of nitrogens with zero attached hydrogens (tertiary/aromatic N) is 1. The van der Waals surface area contributed by atoms with Gasteiger partial charge in [-0.1, -0.05) is 18.2 Å². The first kappa shape index (κ1) is 17.2. The molecule has 0 heterocycles. The van der Waals surface area contributed by atoms with Crippen molar-refractivity contribution in [2.45, 2.75) is 0 Å². The molecule has 1 aromatic carbocycles. The fourth-order valence-corrected chi connectivity index (χ4v) is 1.37. The SMILES string of the molecule is C[N+](C)(C)CCO.O=Cc1cccc(C(=O)I)c1. The fourth-order valence-electron chi connectivity index (χ4n) is 1.03. The molecule has 0 saturated heterocycles. The molecule has 0 aliphatic rings. The maximum atomic E-state index is 10.8. The highest BCUT2D eigenvalue weighted by Crippen LogP contribution is 2.07. The molecule has 0 unspecified atom stereocenters. The van der Waals surface area contributed by atoms with Gasteiger partial charge in [-0.05, 0) is 6.07 Å². The van der Waals surface area contributed by atoms with E-state index in [4.69, 9.17) is 5.11 Å². The minimum Gasteiger partial charge on any atom is -0.391 e. The summed E-state index contributed by atoms with van der Waals surface area (Å²) in [4.78, 5) is 21.1. The minimum absolute atomic E-state index is 0.0497. The van der Waals surface area contributed by atoms with Crippen molar-refractivity contribution in [1.82, 2.24) is 0 Å². The Kier molecular flexibility index (Phi) is 7.97. The van der Waals surface area contributed by atoms with Crippen LogP contribution in [0.15, 0.2) is 24.3 Å². The Bertz CT molecular complexity index is 399. The zero-order valence-corrected chi connectivity index (χ0v) is 13.0. The van der Waals surface area contributed by atoms with E-state index in [2.05, 4.69) is 21.1 Å². The Labute approximate surface area is 121 Å². The van der Waals surface area contributed by atoms with Crippen molar-refractivity contribution in [2.75, 3.05) is 34.3 Å². The molecule has 0 atom stereocenters. The summed E-state index contributed by atoms with van der Waals surface area (Å²) < 4.78 is 0.794. The molecule has 0 saturated carbocycles. The van der Waals surface area contributed by atoms with E-state index in [-0.39, 0.29) is 10.4 Å². The predicted molar refractivity (Wildman–Crippen MR) is 80.2 cm³/mol. The average molecular weight is 364 g/mol. The van der Waals surface area contributed by atoms with E-state index < -0.39 is 0 Å². The summed E-state index contributed by atoms with van der Waals surface area (Å²) in [6, 6.07) is 6.61. The third-order valence-electron chi connectivity index (χ3n) is 2.02. The second kappa shape index (κ2) is 8.34. The van der Waals surface area contributed by atoms with E-state index in [9.17, 15) is 9.59 Å². The Morgan fingerprint density at radius 1 is 1.39 bits per heavy atom. The smallest absolute Gasteiger partial charge is 0.222 e. The average Bonchev–Trinajstić information content (AvgIpc) is 2.28. The molecule has 0 radical (unpaired) electrons. The van der Waals surface area contributed by atoms with E-state index in [1.807, 2.05) is 0 Å². The standard InChI is InChI=1S/C8H5IO2.C5H14NO/c9-8(11)7-3-1-2-6(4-7)5-10;1-6(2,3)4-5-7/h1-5H;7H,4-5H2,1-3H3/q;+1. The number of rotatable bonds is 4. The van der Waals surface area contributed by atoms with Gasteiger partial charge in [-0.25, -0.2) is 0 Å². The van der Waals surface area contributed by atoms with Gasteiger partial charge >= 0.3 is 0 Å². The van der Waals surface area contributed by atoms with Crippen LogP contribution in [0.1, 0.15) is 20.7 Å². The van der Waals surface area contributed by atoms with Crippen molar-refractivity contribution in [2.24, 2.45) is 0 Å². The van der Waals surface area contributed by atoms with Crippen molar-refractivity contribution in [3.8, 4) is 0 Å². The van der Waals surface area contributed by atoms with Gasteiger partial charge in [0.25, 0.3) is 0 Å². The van der Waals surface area contributed by atoms with Crippen LogP contribution in [0.2, 0.25) is 0 Å². The van der Waals surface area contributed by atoms with Crippen molar-refractivity contribution in [3.63, 3.8) is 0 Å². The number of aliphatic hydroxyl groups is 1. The molecule has 0 bridgehead atoms. The Balaban J connectivity index is 0.000000360. The highest BCUT2D eigenvalue weighted by molar-refractivity contribution is 14.1. The lowest BCUT2D eigenvalue weighted by molar-refractivity contribution is -0.870. The normalized spacial score (nSPS) is 10.3. The summed E-state index contributed by atoms with van der Waals surface area (Å²) in [5, 5.41) is 8.39. The van der Waals surface area contributed by atoms with E-state index in [0.717, 1.165) is 17.3 Å². The number of benzene rings is 1. The van der Waals surface area contributed by atoms with E-state index in [1.165, 1.54) is 0 Å². The number of halogens is 1. The van der Waals surface area contributed by atoms with Crippen LogP contribution < -0.4 is 0 Å². The number of likely N-dealkylation sites (N-methyl/N-ethyl adjacent to an activating group) is 1. The summed E-state index contributed by atoms with van der Waals surface area (Å²) in [6.45, 7) is 1.11. The van der Waals surface area contributed by atoms with Gasteiger partial charge in [0.15, 0.2) is 0 Å². The van der Waals surface area contributed by atoms with Crippen LogP contribution in [0, 0.1) is 0 Å². The van der Waals surface area contributed by atoms with Crippen LogP contribution in [-0.4, -0.2) is 54.0 Å². The van der Waals surface area contributed by atoms with Gasteiger partial charge in [0.2, 0.25) is 3.79 Å². The molecule has 100 valence electrons. The quantitative estimate of drug-likeness (QED) is 0.383. The monoisotopic (exact) mass is 364 g/mol. The largest absolute Gasteiger partial charge is 0.391 e. The number of hydrogen-bond donors (Lipinski definition) is 1. The summed E-state index contributed by atoms with van der Waals surface area (Å²) >= 11 is 1.69. The molecule has 0 aliphatic heterocycles. The molecule has 1 aromatic rings. The molecule has 0 fully saturated rings. The molecule has 0 spiro atoms. The Morgan fingerprint density at radius 3 is 2.33 bits per heavy atom. The molecule has 4 nitrogen and oxygen atoms in total. The van der Waals surface area contributed by atoms with Crippen molar-refractivity contribution < 1.29 is 19.2 Å². The second-order valence-corrected chi connectivity index (χ2v) is 5.73. The highest BCUT2D eigenvalue weighted by Gasteiger charge is 2.02. The van der Waals surface area contributed by atoms with Crippen LogP contribution in [0.25, 0.3) is 0 Å². The molecule has 1 N–H and O–H groups in total. The van der Waals surface area contributed by atoms with Crippen LogP contribution in [-0.2, 0) is 0 Å². The summed E-state index contributed by atoms with van der Waals surface area (Å²) in [5.74, 6) is 0. The lowest BCUT2D eigenvalue weighted by Gasteiger charge is -2.21. The number of aliphatic hydroxyl groups excluding tert-OH is 1. The molecule has 1 rings (SSSR count). The first-order valence-corrected chi connectivity index (χ1v) is 6.54. The first-order chi connectivity index (χ1) is 8.30. The molecule has 18 heavy (non-hydrogen) atoms. The van der Waals surface area contributed by atoms with E-state index in [0.29, 0.717) is 11.1 Å². The molecular weight excluding hydrogens is 345 g/mol. The fraction of sp³-hybridized carbons (Fsp3) is 0.385. The summed E-state index contributed by atoms with van der Waals surface area (Å²) in [7, 11) is 6.16. The molecule has 0 aromatic heterocycles. The van der Waals surface area contributed by atoms with Crippen molar-refractivity contribution in [3.05, 3.63) is 35.4 Å². The lowest BCUT2D eigenvalue weighted by Crippen LogP contribution is -2.36. The van der Waals surface area contributed by atoms with E-state index in [1.54, 1.807) is 46.9 Å². The summed E-state index contributed by atoms with van der Waals surface area (Å²) in [5.41, 5.74) is 1.10. The number of hydrogen-bond acceptors (Lipinski definition) is 3. The van der Waals surface area contributed by atoms with Gasteiger partial charge in [0, 0.05) is 33.7 Å². The molecule has 0 aliphatic carbocycles. The third kappa shape index (κ3) is 8.32. The van der Waals surface area contributed by atoms with Crippen LogP contribution >= 0.6 is 22.6 Å². The zero-order chi connectivity index (χ0) is 14.2. The number of carbonyl (C=O) groups is 2. The van der Waals surface area contributed by atoms with Crippen molar-refractivity contribution in [1.29, 1.82) is 0 Å². The first-order valence-electron chi connectivity index (χ1n) is 5.46. The van der Waals surface area contributed by atoms with Gasteiger partial charge in [0.1, 0.15) is 12.8 Å². The third-order valence-corrected chi connectivity index (χ3v) is 2.64. The molecular formula is C13H19INO3+. The highest BCUT2D eigenvalue weighted by atomic mass is 127. The molecule has 0 amide bonds. The number of carbonyl (C=O) groups excluding carboxylic acids is 2. The zero-order valence-electron chi connectivity index (χ0n) is 10.9. The maximum absolute atomic E-state index is 10.8. The van der Waals surface area contributed by atoms with Gasteiger partial charge in [0.05, 0.1) is 27.7 Å². The van der Waals surface area contributed by atoms with Crippen LogP contribution in [0.3, 0.4) is 0 Å². The van der Waals surface area contributed by atoms with Gasteiger partial charge in [-0.15, -0.1) is 0 Å². The van der Waals surface area contributed by atoms with Gasteiger partial charge in [-0.3, -0.25) is 9.59 Å². The number of quaternary nitrogens is 1. The maximum Gasteiger partial charge on any atom is 0.222 e. The lowest BCUT2D eigenvalue weighted by atomic mass is 10.2. The number of aldehydes is 1. The Hall–Kier alpha value is -0.790. The van der Waals surface area contributed by atoms with Gasteiger partial charge < -0.3 is 9.59 Å². The Morgan fingerprint density at radius 2 is 2.00 bits per heavy atom. The topological polar surface area (TPSA) is 54.4 Å². The van der Waals surface area contributed by atoms with E-state index >= 15 is 0 Å². The van der Waals surface area contributed by atoms with Crippen molar-refractivity contribution >= 4 is 32.7 Å². The summed E-state index contributed by atoms with van der Waals surface area (Å²) in [6.07, 6.45) is 0.725. The predicted octanol–water partition coefficient (Wildman–Crippen LogP) is 1.76. The van der Waals surface area contributed by atoms with Crippen LogP contribution in [0.5, 0.6) is 0 Å². The van der Waals surface area contributed by atoms with Crippen LogP contribution in [0.4, 0.5) is 0 Å². The molecule has 5 heteroatoms. The second-order valence-electron chi connectivity index (χ2n) is 4.75.